The largest absolute Gasteiger partial charge is 0.330 e. The molecule has 2 aliphatic rings. The second kappa shape index (κ2) is 5.31. The predicted molar refractivity (Wildman–Crippen MR) is 64.8 cm³/mol. The van der Waals surface area contributed by atoms with Crippen LogP contribution in [-0.2, 0) is 0 Å². The minimum atomic E-state index is 0.784. The molecule has 1 heterocycles. The summed E-state index contributed by atoms with van der Waals surface area (Å²) in [5, 5.41) is 0. The zero-order valence-electron chi connectivity index (χ0n) is 10.1. The van der Waals surface area contributed by atoms with E-state index in [0.717, 1.165) is 24.4 Å². The molecule has 2 nitrogen and oxygen atoms in total. The van der Waals surface area contributed by atoms with Crippen LogP contribution in [0.4, 0.5) is 0 Å². The number of nitrogens with two attached hydrogens (primary N) is 1. The van der Waals surface area contributed by atoms with Crippen molar-refractivity contribution in [2.45, 2.75) is 51.5 Å². The number of hydrogen-bond acceptors (Lipinski definition) is 2. The molecule has 15 heavy (non-hydrogen) atoms. The van der Waals surface area contributed by atoms with Gasteiger partial charge >= 0.3 is 0 Å². The molecular weight excluding hydrogens is 184 g/mol. The Morgan fingerprint density at radius 2 is 1.73 bits per heavy atom. The molecule has 0 aromatic heterocycles. The summed E-state index contributed by atoms with van der Waals surface area (Å²) < 4.78 is 0. The molecule has 1 aliphatic carbocycles. The van der Waals surface area contributed by atoms with Gasteiger partial charge in [-0.25, -0.2) is 0 Å². The van der Waals surface area contributed by atoms with Gasteiger partial charge in [0.2, 0.25) is 0 Å². The number of hydrogen-bond donors (Lipinski definition) is 1. The fraction of sp³-hybridized carbons (Fsp3) is 1.00. The second-order valence-electron chi connectivity index (χ2n) is 5.57. The topological polar surface area (TPSA) is 29.3 Å². The van der Waals surface area contributed by atoms with Crippen molar-refractivity contribution in [1.29, 1.82) is 0 Å². The molecule has 2 atom stereocenters. The average molecular weight is 210 g/mol. The first-order valence-corrected chi connectivity index (χ1v) is 6.75. The zero-order chi connectivity index (χ0) is 10.7. The molecule has 2 N–H and O–H groups in total. The van der Waals surface area contributed by atoms with Crippen molar-refractivity contribution in [2.24, 2.45) is 17.6 Å². The van der Waals surface area contributed by atoms with Gasteiger partial charge in [-0.15, -0.1) is 0 Å². The van der Waals surface area contributed by atoms with Gasteiger partial charge in [0.05, 0.1) is 0 Å². The summed E-state index contributed by atoms with van der Waals surface area (Å²) in [7, 11) is 0. The summed E-state index contributed by atoms with van der Waals surface area (Å²) in [4.78, 5) is 2.73. The maximum atomic E-state index is 5.90. The Kier molecular flexibility index (Phi) is 4.04. The monoisotopic (exact) mass is 210 g/mol. The third-order valence-electron chi connectivity index (χ3n) is 4.46. The fourth-order valence-corrected chi connectivity index (χ4v) is 3.30. The van der Waals surface area contributed by atoms with E-state index >= 15 is 0 Å². The van der Waals surface area contributed by atoms with Gasteiger partial charge in [-0.1, -0.05) is 19.8 Å². The Bertz CT molecular complexity index is 185. The number of piperidine rings is 1. The van der Waals surface area contributed by atoms with Crippen molar-refractivity contribution in [2.75, 3.05) is 19.6 Å². The second-order valence-corrected chi connectivity index (χ2v) is 5.57. The quantitative estimate of drug-likeness (QED) is 0.757. The molecule has 1 saturated heterocycles. The summed E-state index contributed by atoms with van der Waals surface area (Å²) in [6.07, 6.45) is 8.39. The van der Waals surface area contributed by atoms with E-state index in [-0.39, 0.29) is 0 Å². The van der Waals surface area contributed by atoms with Crippen LogP contribution in [0, 0.1) is 11.8 Å². The van der Waals surface area contributed by atoms with Crippen molar-refractivity contribution < 1.29 is 0 Å². The van der Waals surface area contributed by atoms with Crippen molar-refractivity contribution in [3.05, 3.63) is 0 Å². The highest BCUT2D eigenvalue weighted by molar-refractivity contribution is 4.86. The lowest BCUT2D eigenvalue weighted by molar-refractivity contribution is 0.0741. The van der Waals surface area contributed by atoms with Gasteiger partial charge in [-0.3, -0.25) is 0 Å². The predicted octanol–water partition coefficient (Wildman–Crippen LogP) is 2.24. The Labute approximate surface area is 94.2 Å². The Morgan fingerprint density at radius 3 is 2.40 bits per heavy atom. The lowest BCUT2D eigenvalue weighted by atomic mass is 9.82. The molecule has 2 heteroatoms. The normalized spacial score (nSPS) is 35.6. The summed E-state index contributed by atoms with van der Waals surface area (Å²) in [5.74, 6) is 1.73. The van der Waals surface area contributed by atoms with E-state index in [1.54, 1.807) is 0 Å². The van der Waals surface area contributed by atoms with Gasteiger partial charge in [0.1, 0.15) is 0 Å². The van der Waals surface area contributed by atoms with Crippen LogP contribution in [0.15, 0.2) is 0 Å². The lowest BCUT2D eigenvalue weighted by Gasteiger charge is -2.42. The first-order chi connectivity index (χ1) is 7.31. The van der Waals surface area contributed by atoms with Crippen LogP contribution in [0.25, 0.3) is 0 Å². The van der Waals surface area contributed by atoms with Crippen LogP contribution < -0.4 is 5.73 Å². The van der Waals surface area contributed by atoms with E-state index in [9.17, 15) is 0 Å². The minimum Gasteiger partial charge on any atom is -0.330 e. The Balaban J connectivity index is 1.90. The van der Waals surface area contributed by atoms with Gasteiger partial charge in [0.15, 0.2) is 0 Å². The van der Waals surface area contributed by atoms with E-state index in [0.29, 0.717) is 0 Å². The minimum absolute atomic E-state index is 0.784. The molecule has 2 rings (SSSR count). The van der Waals surface area contributed by atoms with Crippen LogP contribution >= 0.6 is 0 Å². The third-order valence-corrected chi connectivity index (χ3v) is 4.46. The van der Waals surface area contributed by atoms with Crippen LogP contribution in [0.2, 0.25) is 0 Å². The molecule has 0 aromatic rings. The highest BCUT2D eigenvalue weighted by Gasteiger charge is 2.30. The summed E-state index contributed by atoms with van der Waals surface area (Å²) in [6.45, 7) is 5.93. The summed E-state index contributed by atoms with van der Waals surface area (Å²) >= 11 is 0. The zero-order valence-corrected chi connectivity index (χ0v) is 10.1. The van der Waals surface area contributed by atoms with E-state index < -0.39 is 0 Å². The van der Waals surface area contributed by atoms with Crippen molar-refractivity contribution in [1.82, 2.24) is 4.90 Å². The van der Waals surface area contributed by atoms with Gasteiger partial charge in [0, 0.05) is 6.04 Å². The van der Waals surface area contributed by atoms with Gasteiger partial charge < -0.3 is 10.6 Å². The summed E-state index contributed by atoms with van der Waals surface area (Å²) in [5.41, 5.74) is 5.90. The van der Waals surface area contributed by atoms with Crippen molar-refractivity contribution in [3.8, 4) is 0 Å². The van der Waals surface area contributed by atoms with Crippen LogP contribution in [-0.4, -0.2) is 30.6 Å². The molecular formula is C13H26N2. The van der Waals surface area contributed by atoms with E-state index in [4.69, 9.17) is 5.73 Å². The highest BCUT2D eigenvalue weighted by Crippen LogP contribution is 2.30. The van der Waals surface area contributed by atoms with Crippen molar-refractivity contribution in [3.63, 3.8) is 0 Å². The lowest BCUT2D eigenvalue weighted by Crippen LogP contribution is -2.48. The highest BCUT2D eigenvalue weighted by atomic mass is 15.2. The van der Waals surface area contributed by atoms with Crippen LogP contribution in [0.5, 0.6) is 0 Å². The fourth-order valence-electron chi connectivity index (χ4n) is 3.30. The number of nitrogens with zero attached hydrogens (tertiary/aromatic N) is 1. The maximum absolute atomic E-state index is 5.90. The molecule has 0 spiro atoms. The molecule has 0 bridgehead atoms. The maximum Gasteiger partial charge on any atom is 0.0136 e. The van der Waals surface area contributed by atoms with Gasteiger partial charge in [-0.05, 0) is 57.2 Å². The van der Waals surface area contributed by atoms with E-state index in [2.05, 4.69) is 11.8 Å². The molecule has 1 saturated carbocycles. The smallest absolute Gasteiger partial charge is 0.0136 e. The van der Waals surface area contributed by atoms with Gasteiger partial charge in [0.25, 0.3) is 0 Å². The van der Waals surface area contributed by atoms with Gasteiger partial charge in [-0.2, -0.15) is 0 Å². The van der Waals surface area contributed by atoms with Crippen molar-refractivity contribution >= 4 is 0 Å². The van der Waals surface area contributed by atoms with Crippen LogP contribution in [0.3, 0.4) is 0 Å². The molecule has 0 radical (unpaired) electrons. The Morgan fingerprint density at radius 1 is 1.07 bits per heavy atom. The van der Waals surface area contributed by atoms with E-state index in [1.165, 1.54) is 51.6 Å². The molecule has 0 aromatic carbocycles. The molecule has 0 amide bonds. The van der Waals surface area contributed by atoms with Crippen LogP contribution in [0.1, 0.15) is 45.4 Å². The first-order valence-electron chi connectivity index (χ1n) is 6.75. The SMILES string of the molecule is CC1CCN(C2CCCCC2CN)CC1. The number of likely N-dealkylation sites (tertiary alicyclic amines) is 1. The number of rotatable bonds is 2. The molecule has 1 aliphatic heterocycles. The average Bonchev–Trinajstić information content (AvgIpc) is 2.30. The Hall–Kier alpha value is -0.0800. The molecule has 2 fully saturated rings. The first kappa shape index (κ1) is 11.4. The molecule has 88 valence electrons. The third kappa shape index (κ3) is 2.73. The molecule has 2 unspecified atom stereocenters. The van der Waals surface area contributed by atoms with E-state index in [1.807, 2.05) is 0 Å². The standard InChI is InChI=1S/C13H26N2/c1-11-6-8-15(9-7-11)13-5-3-2-4-12(13)10-14/h11-13H,2-10,14H2,1H3. The summed E-state index contributed by atoms with van der Waals surface area (Å²) in [6, 6.07) is 0.816.